The maximum absolute atomic E-state index is 9.81. The molecule has 5 heteroatoms. The molecular formula is C11H10N2O2S. The van der Waals surface area contributed by atoms with Gasteiger partial charge >= 0.3 is 0 Å². The molecule has 0 atom stereocenters. The fraction of sp³-hybridized carbons (Fsp3) is 0.0909. The van der Waals surface area contributed by atoms with Gasteiger partial charge in [0.25, 0.3) is 0 Å². The minimum atomic E-state index is 0.135. The van der Waals surface area contributed by atoms with Crippen LogP contribution in [-0.4, -0.2) is 22.2 Å². The van der Waals surface area contributed by atoms with Gasteiger partial charge in [-0.25, -0.2) is 4.98 Å². The van der Waals surface area contributed by atoms with Crippen LogP contribution in [0.2, 0.25) is 0 Å². The Morgan fingerprint density at radius 3 is 2.81 bits per heavy atom. The lowest BCUT2D eigenvalue weighted by Crippen LogP contribution is -1.88. The van der Waals surface area contributed by atoms with E-state index in [1.165, 1.54) is 0 Å². The van der Waals surface area contributed by atoms with E-state index >= 15 is 0 Å². The zero-order valence-corrected chi connectivity index (χ0v) is 9.41. The first-order chi connectivity index (χ1) is 7.70. The average Bonchev–Trinajstić information content (AvgIpc) is 2.28. The summed E-state index contributed by atoms with van der Waals surface area (Å²) in [6, 6.07) is 6.82. The third-order valence-electron chi connectivity index (χ3n) is 2.17. The Hall–Kier alpha value is -1.88. The molecule has 1 heterocycles. The van der Waals surface area contributed by atoms with E-state index in [2.05, 4.69) is 9.97 Å². The number of hydrogen-bond acceptors (Lipinski definition) is 4. The van der Waals surface area contributed by atoms with Crippen molar-refractivity contribution < 1.29 is 9.84 Å². The Kier molecular flexibility index (Phi) is 2.87. The number of benzene rings is 1. The van der Waals surface area contributed by atoms with Crippen LogP contribution >= 0.6 is 12.2 Å². The highest BCUT2D eigenvalue weighted by Gasteiger charge is 2.05. The quantitative estimate of drug-likeness (QED) is 0.784. The molecule has 0 fully saturated rings. The molecule has 16 heavy (non-hydrogen) atoms. The molecule has 0 radical (unpaired) electrons. The van der Waals surface area contributed by atoms with E-state index in [1.807, 2.05) is 0 Å². The summed E-state index contributed by atoms with van der Waals surface area (Å²) in [7, 11) is 1.55. The van der Waals surface area contributed by atoms with E-state index in [4.69, 9.17) is 17.0 Å². The first kappa shape index (κ1) is 10.6. The minimum absolute atomic E-state index is 0.135. The van der Waals surface area contributed by atoms with E-state index in [0.29, 0.717) is 16.1 Å². The van der Waals surface area contributed by atoms with Gasteiger partial charge in [0.05, 0.1) is 12.8 Å². The molecule has 4 nitrogen and oxygen atoms in total. The molecule has 0 aliphatic heterocycles. The van der Waals surface area contributed by atoms with Crippen molar-refractivity contribution in [3.05, 3.63) is 35.2 Å². The molecule has 0 saturated carbocycles. The molecule has 1 aromatic carbocycles. The lowest BCUT2D eigenvalue weighted by Gasteiger charge is -2.06. The molecule has 82 valence electrons. The maximum atomic E-state index is 9.81. The molecule has 2 rings (SSSR count). The number of H-pyrrole nitrogens is 1. The Morgan fingerprint density at radius 2 is 2.19 bits per heavy atom. The number of nitrogens with one attached hydrogen (secondary N) is 1. The normalized spacial score (nSPS) is 10.1. The summed E-state index contributed by atoms with van der Waals surface area (Å²) in [4.78, 5) is 6.79. The predicted octanol–water partition coefficient (Wildman–Crippen LogP) is 2.52. The molecule has 0 unspecified atom stereocenters. The van der Waals surface area contributed by atoms with Crippen LogP contribution in [0.15, 0.2) is 30.5 Å². The highest BCUT2D eigenvalue weighted by Crippen LogP contribution is 2.30. The van der Waals surface area contributed by atoms with Crippen LogP contribution in [0.3, 0.4) is 0 Å². The number of phenolic OH excluding ortho intramolecular Hbond substituents is 1. The monoisotopic (exact) mass is 234 g/mol. The second kappa shape index (κ2) is 4.32. The molecule has 0 saturated heterocycles. The van der Waals surface area contributed by atoms with Crippen LogP contribution in [0.4, 0.5) is 0 Å². The number of phenols is 1. The molecule has 0 aliphatic carbocycles. The van der Waals surface area contributed by atoms with Crippen molar-refractivity contribution in [2.45, 2.75) is 0 Å². The zero-order chi connectivity index (χ0) is 11.5. The highest BCUT2D eigenvalue weighted by atomic mass is 32.1. The van der Waals surface area contributed by atoms with Crippen molar-refractivity contribution in [3.63, 3.8) is 0 Å². The second-order valence-electron chi connectivity index (χ2n) is 3.17. The average molecular weight is 234 g/mol. The van der Waals surface area contributed by atoms with Crippen molar-refractivity contribution in [3.8, 4) is 22.8 Å². The Morgan fingerprint density at radius 1 is 1.38 bits per heavy atom. The van der Waals surface area contributed by atoms with Crippen molar-refractivity contribution in [1.82, 2.24) is 9.97 Å². The van der Waals surface area contributed by atoms with Gasteiger partial charge in [0, 0.05) is 17.8 Å². The van der Waals surface area contributed by atoms with Gasteiger partial charge in [-0.2, -0.15) is 0 Å². The molecule has 0 spiro atoms. The van der Waals surface area contributed by atoms with Crippen LogP contribution in [0, 0.1) is 4.77 Å². The number of methoxy groups -OCH3 is 1. The number of nitrogens with zero attached hydrogens (tertiary/aromatic N) is 1. The number of rotatable bonds is 2. The summed E-state index contributed by atoms with van der Waals surface area (Å²) in [6.45, 7) is 0. The maximum Gasteiger partial charge on any atom is 0.197 e. The fourth-order valence-corrected chi connectivity index (χ4v) is 1.56. The summed E-state index contributed by atoms with van der Waals surface area (Å²) in [5.41, 5.74) is 1.38. The molecule has 2 N–H and O–H groups in total. The molecule has 1 aromatic heterocycles. The Labute approximate surface area is 97.6 Å². The van der Waals surface area contributed by atoms with Crippen LogP contribution in [0.25, 0.3) is 11.3 Å². The fourth-order valence-electron chi connectivity index (χ4n) is 1.39. The SMILES string of the molecule is COc1ccc(-c2ccnc(=S)[nH]2)c(O)c1. The highest BCUT2D eigenvalue weighted by molar-refractivity contribution is 7.71. The third-order valence-corrected chi connectivity index (χ3v) is 2.38. The van der Waals surface area contributed by atoms with Crippen molar-refractivity contribution >= 4 is 12.2 Å². The van der Waals surface area contributed by atoms with Gasteiger partial charge in [-0.05, 0) is 30.4 Å². The largest absolute Gasteiger partial charge is 0.507 e. The van der Waals surface area contributed by atoms with Crippen molar-refractivity contribution in [1.29, 1.82) is 0 Å². The number of aromatic hydroxyl groups is 1. The summed E-state index contributed by atoms with van der Waals surface area (Å²) >= 11 is 4.92. The number of aromatic amines is 1. The van der Waals surface area contributed by atoms with Gasteiger partial charge in [-0.3, -0.25) is 0 Å². The third kappa shape index (κ3) is 2.04. The minimum Gasteiger partial charge on any atom is -0.507 e. The Balaban J connectivity index is 2.52. The Bertz CT molecular complexity index is 566. The van der Waals surface area contributed by atoms with Gasteiger partial charge in [0.2, 0.25) is 0 Å². The lowest BCUT2D eigenvalue weighted by molar-refractivity contribution is 0.408. The van der Waals surface area contributed by atoms with E-state index in [9.17, 15) is 5.11 Å². The van der Waals surface area contributed by atoms with Gasteiger partial charge in [0.1, 0.15) is 11.5 Å². The number of hydrogen-bond donors (Lipinski definition) is 2. The standard InChI is InChI=1S/C11H10N2O2S/c1-15-7-2-3-8(10(14)6-7)9-4-5-12-11(16)13-9/h2-6,14H,1H3,(H,12,13,16). The number of aromatic nitrogens is 2. The topological polar surface area (TPSA) is 58.1 Å². The molecule has 0 aliphatic rings. The zero-order valence-electron chi connectivity index (χ0n) is 8.60. The molecular weight excluding hydrogens is 224 g/mol. The van der Waals surface area contributed by atoms with E-state index in [1.54, 1.807) is 37.6 Å². The second-order valence-corrected chi connectivity index (χ2v) is 3.56. The molecule has 0 amide bonds. The van der Waals surface area contributed by atoms with Gasteiger partial charge < -0.3 is 14.8 Å². The number of ether oxygens (including phenoxy) is 1. The van der Waals surface area contributed by atoms with Gasteiger partial charge in [-0.15, -0.1) is 0 Å². The first-order valence-electron chi connectivity index (χ1n) is 4.63. The molecule has 0 bridgehead atoms. The summed E-state index contributed by atoms with van der Waals surface area (Å²) in [6.07, 6.45) is 1.60. The van der Waals surface area contributed by atoms with Crippen LogP contribution in [0.5, 0.6) is 11.5 Å². The van der Waals surface area contributed by atoms with E-state index in [0.717, 1.165) is 5.69 Å². The van der Waals surface area contributed by atoms with Crippen molar-refractivity contribution in [2.75, 3.05) is 7.11 Å². The summed E-state index contributed by atoms with van der Waals surface area (Å²) < 4.78 is 5.39. The van der Waals surface area contributed by atoms with Crippen LogP contribution in [-0.2, 0) is 0 Å². The smallest absolute Gasteiger partial charge is 0.197 e. The summed E-state index contributed by atoms with van der Waals surface area (Å²) in [5, 5.41) is 9.81. The van der Waals surface area contributed by atoms with Gasteiger partial charge in [-0.1, -0.05) is 0 Å². The van der Waals surface area contributed by atoms with E-state index < -0.39 is 0 Å². The van der Waals surface area contributed by atoms with Gasteiger partial charge in [0.15, 0.2) is 4.77 Å². The molecule has 2 aromatic rings. The van der Waals surface area contributed by atoms with Crippen LogP contribution in [0.1, 0.15) is 0 Å². The van der Waals surface area contributed by atoms with Crippen molar-refractivity contribution in [2.24, 2.45) is 0 Å². The summed E-state index contributed by atoms with van der Waals surface area (Å²) in [5.74, 6) is 0.741. The van der Waals surface area contributed by atoms with E-state index in [-0.39, 0.29) is 5.75 Å². The van der Waals surface area contributed by atoms with Crippen LogP contribution < -0.4 is 4.74 Å². The first-order valence-corrected chi connectivity index (χ1v) is 5.04. The predicted molar refractivity (Wildman–Crippen MR) is 63.1 cm³/mol. The lowest BCUT2D eigenvalue weighted by atomic mass is 10.1.